The second kappa shape index (κ2) is 8.20. The van der Waals surface area contributed by atoms with Crippen LogP contribution in [-0.2, 0) is 16.1 Å². The first-order valence-electron chi connectivity index (χ1n) is 9.16. The minimum absolute atomic E-state index is 0.150. The minimum atomic E-state index is -0.585. The third kappa shape index (κ3) is 4.24. The highest BCUT2D eigenvalue weighted by Crippen LogP contribution is 2.32. The summed E-state index contributed by atoms with van der Waals surface area (Å²) in [6.45, 7) is 0.712. The molecule has 29 heavy (non-hydrogen) atoms. The van der Waals surface area contributed by atoms with Gasteiger partial charge in [0.25, 0.3) is 0 Å². The maximum absolute atomic E-state index is 12.6. The van der Waals surface area contributed by atoms with Crippen molar-refractivity contribution in [3.63, 3.8) is 0 Å². The van der Waals surface area contributed by atoms with Gasteiger partial charge in [0.1, 0.15) is 5.92 Å². The maximum atomic E-state index is 12.6. The van der Waals surface area contributed by atoms with Gasteiger partial charge in [-0.2, -0.15) is 4.99 Å². The van der Waals surface area contributed by atoms with Gasteiger partial charge < -0.3 is 14.8 Å². The van der Waals surface area contributed by atoms with Crippen molar-refractivity contribution in [1.82, 2.24) is 10.2 Å². The van der Waals surface area contributed by atoms with Crippen LogP contribution in [-0.4, -0.2) is 41.8 Å². The number of hydrogen-bond acceptors (Lipinski definition) is 5. The van der Waals surface area contributed by atoms with E-state index in [0.29, 0.717) is 30.2 Å². The Bertz CT molecular complexity index is 969. The van der Waals surface area contributed by atoms with Gasteiger partial charge >= 0.3 is 6.03 Å². The molecule has 4 amide bonds. The van der Waals surface area contributed by atoms with Crippen molar-refractivity contribution in [2.75, 3.05) is 13.3 Å². The van der Waals surface area contributed by atoms with E-state index < -0.39 is 11.9 Å². The number of ether oxygens (including phenoxy) is 2. The molecule has 0 fully saturated rings. The zero-order valence-corrected chi connectivity index (χ0v) is 17.0. The molecule has 1 aromatic carbocycles. The third-order valence-corrected chi connectivity index (χ3v) is 5.29. The van der Waals surface area contributed by atoms with Crippen LogP contribution in [0.4, 0.5) is 4.79 Å². The van der Waals surface area contributed by atoms with Gasteiger partial charge in [0.05, 0.1) is 5.71 Å². The van der Waals surface area contributed by atoms with Crippen molar-refractivity contribution in [3.05, 3.63) is 46.5 Å². The molecular weight excluding hydrogens is 442 g/mol. The molecule has 150 valence electrons. The van der Waals surface area contributed by atoms with E-state index in [2.05, 4.69) is 26.2 Å². The number of nitrogens with one attached hydrogen (secondary N) is 1. The molecular formula is C20H18BrN3O5. The number of amides is 4. The molecule has 1 atom stereocenters. The summed E-state index contributed by atoms with van der Waals surface area (Å²) in [4.78, 5) is 42.0. The number of rotatable bonds is 6. The molecule has 1 N–H and O–H groups in total. The summed E-state index contributed by atoms with van der Waals surface area (Å²) in [6.07, 6.45) is 5.69. The molecule has 0 radical (unpaired) electrons. The van der Waals surface area contributed by atoms with Crippen molar-refractivity contribution in [1.29, 1.82) is 0 Å². The minimum Gasteiger partial charge on any atom is -0.454 e. The van der Waals surface area contributed by atoms with Gasteiger partial charge in [-0.1, -0.05) is 28.1 Å². The van der Waals surface area contributed by atoms with E-state index >= 15 is 0 Å². The van der Waals surface area contributed by atoms with Gasteiger partial charge in [0.2, 0.25) is 18.6 Å². The average molecular weight is 460 g/mol. The summed E-state index contributed by atoms with van der Waals surface area (Å²) in [5, 5.41) is 2.83. The Labute approximate surface area is 175 Å². The highest BCUT2D eigenvalue weighted by Gasteiger charge is 2.36. The molecule has 0 aromatic heterocycles. The summed E-state index contributed by atoms with van der Waals surface area (Å²) >= 11 is 3.33. The average Bonchev–Trinajstić information content (AvgIpc) is 3.17. The first kappa shape index (κ1) is 19.4. The Morgan fingerprint density at radius 1 is 1.24 bits per heavy atom. The first-order chi connectivity index (χ1) is 14.0. The summed E-state index contributed by atoms with van der Waals surface area (Å²) in [7, 11) is 0. The molecule has 9 heteroatoms. The number of nitrogens with zero attached hydrogens (tertiary/aromatic N) is 2. The van der Waals surface area contributed by atoms with Crippen LogP contribution in [0.15, 0.2) is 45.9 Å². The molecule has 0 spiro atoms. The number of fused-ring (bicyclic) bond motifs is 2. The van der Waals surface area contributed by atoms with E-state index in [0.717, 1.165) is 14.9 Å². The lowest BCUT2D eigenvalue weighted by atomic mass is 9.95. The number of benzene rings is 1. The Hall–Kier alpha value is -2.94. The van der Waals surface area contributed by atoms with E-state index in [4.69, 9.17) is 9.47 Å². The zero-order chi connectivity index (χ0) is 20.4. The molecule has 1 aromatic rings. The van der Waals surface area contributed by atoms with Crippen molar-refractivity contribution in [2.24, 2.45) is 10.9 Å². The van der Waals surface area contributed by atoms with E-state index in [1.165, 1.54) is 0 Å². The number of allylic oxidation sites excluding steroid dienone is 3. The number of aliphatic imine (C=N–C) groups is 1. The summed E-state index contributed by atoms with van der Waals surface area (Å²) < 4.78 is 11.3. The first-order valence-corrected chi connectivity index (χ1v) is 9.95. The fraction of sp³-hybridized carbons (Fsp3) is 0.300. The van der Waals surface area contributed by atoms with Gasteiger partial charge in [-0.25, -0.2) is 4.79 Å². The van der Waals surface area contributed by atoms with E-state index in [-0.39, 0.29) is 31.6 Å². The Balaban J connectivity index is 1.26. The van der Waals surface area contributed by atoms with Crippen molar-refractivity contribution >= 4 is 39.5 Å². The van der Waals surface area contributed by atoms with Crippen LogP contribution >= 0.6 is 15.9 Å². The third-order valence-electron chi connectivity index (χ3n) is 4.76. The molecule has 4 rings (SSSR count). The maximum Gasteiger partial charge on any atom is 0.350 e. The normalized spacial score (nSPS) is 19.6. The Morgan fingerprint density at radius 2 is 2.07 bits per heavy atom. The van der Waals surface area contributed by atoms with Crippen LogP contribution in [0.2, 0.25) is 0 Å². The fourth-order valence-corrected chi connectivity index (χ4v) is 3.65. The predicted octanol–water partition coefficient (Wildman–Crippen LogP) is 2.68. The predicted molar refractivity (Wildman–Crippen MR) is 108 cm³/mol. The molecule has 1 aliphatic carbocycles. The SMILES string of the molecule is O=C(CCCN1C(=O)N=C2C=CC(Br)=CC2C1=O)NCc1ccc2c(c1)OCO2. The second-order valence-electron chi connectivity index (χ2n) is 6.74. The quantitative estimate of drug-likeness (QED) is 0.704. The smallest absolute Gasteiger partial charge is 0.350 e. The van der Waals surface area contributed by atoms with Gasteiger partial charge in [-0.05, 0) is 36.3 Å². The van der Waals surface area contributed by atoms with Crippen LogP contribution in [0.5, 0.6) is 11.5 Å². The largest absolute Gasteiger partial charge is 0.454 e. The number of carbonyl (C=O) groups is 3. The molecule has 3 aliphatic rings. The molecule has 8 nitrogen and oxygen atoms in total. The highest BCUT2D eigenvalue weighted by molar-refractivity contribution is 9.11. The number of carbonyl (C=O) groups excluding carboxylic acids is 3. The molecule has 2 aliphatic heterocycles. The van der Waals surface area contributed by atoms with Crippen molar-refractivity contribution < 1.29 is 23.9 Å². The lowest BCUT2D eigenvalue weighted by molar-refractivity contribution is -0.130. The number of imide groups is 1. The summed E-state index contributed by atoms with van der Waals surface area (Å²) in [6, 6.07) is 4.91. The van der Waals surface area contributed by atoms with E-state index in [1.807, 2.05) is 12.1 Å². The van der Waals surface area contributed by atoms with Gasteiger partial charge in [0.15, 0.2) is 11.5 Å². The second-order valence-corrected chi connectivity index (χ2v) is 7.66. The van der Waals surface area contributed by atoms with Crippen LogP contribution in [0, 0.1) is 5.92 Å². The molecule has 0 bridgehead atoms. The number of hydrogen-bond donors (Lipinski definition) is 1. The lowest BCUT2D eigenvalue weighted by Crippen LogP contribution is -2.46. The Morgan fingerprint density at radius 3 is 2.93 bits per heavy atom. The molecule has 2 heterocycles. The topological polar surface area (TPSA) is 97.3 Å². The van der Waals surface area contributed by atoms with Gasteiger partial charge in [-0.3, -0.25) is 14.5 Å². The number of halogens is 1. The zero-order valence-electron chi connectivity index (χ0n) is 15.4. The Kier molecular flexibility index (Phi) is 5.48. The summed E-state index contributed by atoms with van der Waals surface area (Å²) in [5.74, 6) is 0.315. The molecule has 0 saturated carbocycles. The van der Waals surface area contributed by atoms with Crippen LogP contribution in [0.25, 0.3) is 0 Å². The monoisotopic (exact) mass is 459 g/mol. The van der Waals surface area contributed by atoms with Gasteiger partial charge in [0, 0.05) is 24.0 Å². The van der Waals surface area contributed by atoms with Gasteiger partial charge in [-0.15, -0.1) is 0 Å². The number of urea groups is 1. The fourth-order valence-electron chi connectivity index (χ4n) is 3.25. The lowest BCUT2D eigenvalue weighted by Gasteiger charge is -2.28. The molecule has 1 unspecified atom stereocenters. The van der Waals surface area contributed by atoms with Crippen molar-refractivity contribution in [2.45, 2.75) is 19.4 Å². The summed E-state index contributed by atoms with van der Waals surface area (Å²) in [5.41, 5.74) is 1.34. The standard InChI is InChI=1S/C20H18BrN3O5/c21-13-4-5-15-14(9-13)19(26)24(20(27)23-15)7-1-2-18(25)22-10-12-3-6-16-17(8-12)29-11-28-16/h3-6,8-9,14H,1-2,7,10-11H2,(H,22,25). The highest BCUT2D eigenvalue weighted by atomic mass is 79.9. The van der Waals surface area contributed by atoms with Crippen molar-refractivity contribution in [3.8, 4) is 11.5 Å². The van der Waals surface area contributed by atoms with Crippen LogP contribution < -0.4 is 14.8 Å². The van der Waals surface area contributed by atoms with Crippen LogP contribution in [0.1, 0.15) is 18.4 Å². The van der Waals surface area contributed by atoms with E-state index in [1.54, 1.807) is 24.3 Å². The van der Waals surface area contributed by atoms with E-state index in [9.17, 15) is 14.4 Å². The molecule has 0 saturated heterocycles. The van der Waals surface area contributed by atoms with Crippen LogP contribution in [0.3, 0.4) is 0 Å².